The predicted octanol–water partition coefficient (Wildman–Crippen LogP) is 1.70. The largest absolute Gasteiger partial charge is 0.411 e. The molecular weight excluding hydrogens is 301 g/mol. The van der Waals surface area contributed by atoms with Gasteiger partial charge >= 0.3 is 6.18 Å². The molecule has 0 rings (SSSR count). The zero-order valence-electron chi connectivity index (χ0n) is 12.4. The van der Waals surface area contributed by atoms with Gasteiger partial charge in [-0.15, -0.1) is 0 Å². The Kier molecular flexibility index (Phi) is 34.4. The first-order valence-corrected chi connectivity index (χ1v) is 5.48. The summed E-state index contributed by atoms with van der Waals surface area (Å²) in [4.78, 5) is 0. The molecule has 0 unspecified atom stereocenters. The standard InChI is InChI=1S/3C3H8O.C2H3F3O.Ti/c3*1-3(2)4;3-2(4,5)1-6;/h3*3-4H,1-2H3;6H,1H2;. The number of halogens is 3. The molecule has 0 aromatic heterocycles. The number of hydrogen-bond donors (Lipinski definition) is 4. The van der Waals surface area contributed by atoms with Crippen molar-refractivity contribution < 1.29 is 55.3 Å². The Morgan fingerprint density at radius 1 is 0.737 bits per heavy atom. The van der Waals surface area contributed by atoms with E-state index in [2.05, 4.69) is 0 Å². The number of aliphatic hydroxyl groups excluding tert-OH is 4. The molecule has 0 aromatic carbocycles. The molecule has 0 saturated heterocycles. The Balaban J connectivity index is -0.0000000459. The zero-order chi connectivity index (χ0) is 15.9. The molecule has 4 nitrogen and oxygen atoms in total. The second-order valence-corrected chi connectivity index (χ2v) is 4.05. The summed E-state index contributed by atoms with van der Waals surface area (Å²) in [6.07, 6.45) is -4.90. The minimum atomic E-state index is -4.40. The number of hydrogen-bond acceptors (Lipinski definition) is 4. The van der Waals surface area contributed by atoms with Crippen molar-refractivity contribution in [3.8, 4) is 0 Å². The molecule has 4 N–H and O–H groups in total. The van der Waals surface area contributed by atoms with Gasteiger partial charge in [-0.1, -0.05) is 0 Å². The third-order valence-corrected chi connectivity index (χ3v) is 0.179. The maximum Gasteiger partial charge on any atom is 0.411 e. The molecule has 0 atom stereocenters. The van der Waals surface area contributed by atoms with E-state index >= 15 is 0 Å². The van der Waals surface area contributed by atoms with Gasteiger partial charge < -0.3 is 20.4 Å². The molecule has 0 heterocycles. The van der Waals surface area contributed by atoms with E-state index in [0.29, 0.717) is 0 Å². The van der Waals surface area contributed by atoms with Crippen molar-refractivity contribution in [1.29, 1.82) is 0 Å². The van der Waals surface area contributed by atoms with Gasteiger partial charge in [-0.3, -0.25) is 0 Å². The monoisotopic (exact) mass is 328 g/mol. The van der Waals surface area contributed by atoms with E-state index in [-0.39, 0.29) is 40.0 Å². The normalized spacial score (nSPS) is 9.47. The first-order chi connectivity index (χ1) is 7.76. The summed E-state index contributed by atoms with van der Waals surface area (Å²) < 4.78 is 31.6. The molecule has 0 bridgehead atoms. The maximum atomic E-state index is 10.5. The molecule has 0 amide bonds. The van der Waals surface area contributed by atoms with Crippen LogP contribution in [0.25, 0.3) is 0 Å². The summed E-state index contributed by atoms with van der Waals surface area (Å²) in [6, 6.07) is 0. The van der Waals surface area contributed by atoms with Crippen molar-refractivity contribution in [2.75, 3.05) is 6.61 Å². The van der Waals surface area contributed by atoms with Crippen LogP contribution in [0.2, 0.25) is 0 Å². The van der Waals surface area contributed by atoms with Crippen molar-refractivity contribution in [1.82, 2.24) is 0 Å². The minimum absolute atomic E-state index is 0. The topological polar surface area (TPSA) is 80.9 Å². The molecule has 120 valence electrons. The van der Waals surface area contributed by atoms with Gasteiger partial charge in [0, 0.05) is 40.0 Å². The average Bonchev–Trinajstić information content (AvgIpc) is 1.99. The summed E-state index contributed by atoms with van der Waals surface area (Å²) in [5.74, 6) is 0. The molecule has 0 radical (unpaired) electrons. The van der Waals surface area contributed by atoms with Crippen LogP contribution in [0.1, 0.15) is 41.5 Å². The fourth-order valence-electron chi connectivity index (χ4n) is 0. The molecule has 0 spiro atoms. The van der Waals surface area contributed by atoms with Crippen LogP contribution in [0.4, 0.5) is 13.2 Å². The SMILES string of the molecule is CC(C)O.CC(C)O.CC(C)O.OCC(F)(F)F.[Ti]. The second-order valence-electron chi connectivity index (χ2n) is 4.05. The van der Waals surface area contributed by atoms with Gasteiger partial charge in [-0.2, -0.15) is 13.2 Å². The van der Waals surface area contributed by atoms with Crippen molar-refractivity contribution >= 4 is 0 Å². The summed E-state index contributed by atoms with van der Waals surface area (Å²) >= 11 is 0. The van der Waals surface area contributed by atoms with Crippen LogP contribution in [0.5, 0.6) is 0 Å². The Hall–Kier alpha value is 0.344. The molecule has 8 heteroatoms. The fourth-order valence-corrected chi connectivity index (χ4v) is 0. The van der Waals surface area contributed by atoms with E-state index < -0.39 is 12.8 Å². The quantitative estimate of drug-likeness (QED) is 0.510. The van der Waals surface area contributed by atoms with Crippen LogP contribution >= 0.6 is 0 Å². The van der Waals surface area contributed by atoms with Crippen LogP contribution in [0.3, 0.4) is 0 Å². The first-order valence-electron chi connectivity index (χ1n) is 5.48. The van der Waals surface area contributed by atoms with Crippen LogP contribution in [-0.4, -0.2) is 51.5 Å². The predicted molar refractivity (Wildman–Crippen MR) is 65.2 cm³/mol. The van der Waals surface area contributed by atoms with Crippen molar-refractivity contribution in [3.05, 3.63) is 0 Å². The second kappa shape index (κ2) is 20.7. The van der Waals surface area contributed by atoms with E-state index in [0.717, 1.165) is 0 Å². The van der Waals surface area contributed by atoms with Crippen LogP contribution in [0.15, 0.2) is 0 Å². The van der Waals surface area contributed by atoms with Gasteiger partial charge in [0.25, 0.3) is 0 Å². The molecule has 0 aromatic rings. The number of alkyl halides is 3. The smallest absolute Gasteiger partial charge is 0.394 e. The minimum Gasteiger partial charge on any atom is -0.394 e. The van der Waals surface area contributed by atoms with Gasteiger partial charge in [0.05, 0.1) is 0 Å². The Morgan fingerprint density at radius 3 is 0.789 bits per heavy atom. The Labute approximate surface area is 128 Å². The van der Waals surface area contributed by atoms with Crippen molar-refractivity contribution in [3.63, 3.8) is 0 Å². The third-order valence-electron chi connectivity index (χ3n) is 0.179. The van der Waals surface area contributed by atoms with Gasteiger partial charge in [0.2, 0.25) is 0 Å². The van der Waals surface area contributed by atoms with E-state index in [1.165, 1.54) is 0 Å². The van der Waals surface area contributed by atoms with Gasteiger partial charge in [-0.05, 0) is 41.5 Å². The van der Waals surface area contributed by atoms with Crippen molar-refractivity contribution in [2.45, 2.75) is 66.0 Å². The van der Waals surface area contributed by atoms with E-state index in [4.69, 9.17) is 20.4 Å². The van der Waals surface area contributed by atoms with Crippen LogP contribution < -0.4 is 0 Å². The number of aliphatic hydroxyl groups is 4. The first kappa shape index (κ1) is 31.6. The van der Waals surface area contributed by atoms with Crippen LogP contribution in [0, 0.1) is 0 Å². The Bertz CT molecular complexity index is 120. The molecular formula is C11H27F3O4Ti. The molecule has 0 fully saturated rings. The summed E-state index contributed by atoms with van der Waals surface area (Å²) in [7, 11) is 0. The summed E-state index contributed by atoms with van der Waals surface area (Å²) in [5.41, 5.74) is 0. The molecule has 0 aliphatic heterocycles. The fraction of sp³-hybridized carbons (Fsp3) is 1.00. The van der Waals surface area contributed by atoms with E-state index in [1.54, 1.807) is 41.5 Å². The molecule has 0 aliphatic carbocycles. The maximum absolute atomic E-state index is 10.5. The van der Waals surface area contributed by atoms with Gasteiger partial charge in [0.15, 0.2) is 0 Å². The molecule has 0 saturated carbocycles. The van der Waals surface area contributed by atoms with E-state index in [1.807, 2.05) is 0 Å². The third kappa shape index (κ3) is 438. The zero-order valence-corrected chi connectivity index (χ0v) is 13.9. The summed E-state index contributed by atoms with van der Waals surface area (Å²) in [6.45, 7) is 8.60. The number of rotatable bonds is 0. The molecule has 19 heavy (non-hydrogen) atoms. The van der Waals surface area contributed by atoms with Gasteiger partial charge in [-0.25, -0.2) is 0 Å². The Morgan fingerprint density at radius 2 is 0.789 bits per heavy atom. The molecule has 0 aliphatic rings. The van der Waals surface area contributed by atoms with Gasteiger partial charge in [0.1, 0.15) is 6.61 Å². The average molecular weight is 328 g/mol. The van der Waals surface area contributed by atoms with E-state index in [9.17, 15) is 13.2 Å². The van der Waals surface area contributed by atoms with Crippen molar-refractivity contribution in [2.24, 2.45) is 0 Å². The summed E-state index contributed by atoms with van der Waals surface area (Å²) in [5, 5.41) is 31.4. The van der Waals surface area contributed by atoms with Crippen LogP contribution in [-0.2, 0) is 21.7 Å².